The van der Waals surface area contributed by atoms with Gasteiger partial charge in [-0.15, -0.1) is 11.6 Å². The smallest absolute Gasteiger partial charge is 0.411 e. The molecule has 3 amide bonds. The molecule has 0 radical (unpaired) electrons. The molecule has 7 N–H and O–H groups in total. The van der Waals surface area contributed by atoms with Gasteiger partial charge in [0.1, 0.15) is 36.4 Å². The summed E-state index contributed by atoms with van der Waals surface area (Å²) in [6, 6.07) is 21.2. The number of hydrogen-bond donors (Lipinski definition) is 6. The summed E-state index contributed by atoms with van der Waals surface area (Å²) in [6.07, 6.45) is -3.23. The highest BCUT2D eigenvalue weighted by Gasteiger charge is 2.39. The molecule has 1 saturated heterocycles. The third kappa shape index (κ3) is 8.60. The van der Waals surface area contributed by atoms with Gasteiger partial charge in [-0.05, 0) is 58.5 Å². The molecule has 0 aromatic heterocycles. The molecule has 54 heavy (non-hydrogen) atoms. The van der Waals surface area contributed by atoms with Gasteiger partial charge in [0.25, 0.3) is 5.91 Å². The molecule has 2 aliphatic heterocycles. The van der Waals surface area contributed by atoms with Crippen molar-refractivity contribution in [3.05, 3.63) is 95.6 Å². The summed E-state index contributed by atoms with van der Waals surface area (Å²) in [6.45, 7) is -0.0324. The molecule has 0 saturated carbocycles. The number of amides is 3. The summed E-state index contributed by atoms with van der Waals surface area (Å²) in [4.78, 5) is 41.0. The molecule has 2 aliphatic rings. The molecule has 4 aromatic rings. The third-order valence-electron chi connectivity index (χ3n) is 9.15. The Bertz CT molecular complexity index is 2030. The number of aliphatic hydroxyl groups excluding tert-OH is 3. The quantitative estimate of drug-likeness (QED) is 0.0898. The zero-order valence-electron chi connectivity index (χ0n) is 29.3. The van der Waals surface area contributed by atoms with Gasteiger partial charge >= 0.3 is 6.09 Å². The molecule has 284 valence electrons. The van der Waals surface area contributed by atoms with Gasteiger partial charge in [-0.3, -0.25) is 14.9 Å². The maximum absolute atomic E-state index is 13.6. The van der Waals surface area contributed by atoms with Crippen molar-refractivity contribution in [2.45, 2.75) is 43.5 Å². The van der Waals surface area contributed by atoms with Crippen LogP contribution in [0.3, 0.4) is 0 Å². The van der Waals surface area contributed by atoms with Crippen LogP contribution in [0.5, 0.6) is 11.5 Å². The number of fused-ring (bicyclic) bond motifs is 3. The first-order valence-electron chi connectivity index (χ1n) is 17.2. The number of hydrogen-bond acceptors (Lipinski definition) is 11. The molecule has 6 rings (SSSR count). The number of ether oxygens (including phenoxy) is 4. The van der Waals surface area contributed by atoms with E-state index in [9.17, 15) is 29.7 Å². The molecule has 4 aromatic carbocycles. The number of nitrogens with two attached hydrogens (primary N) is 1. The van der Waals surface area contributed by atoms with E-state index in [1.165, 1.54) is 18.2 Å². The molecule has 15 heteroatoms. The number of rotatable bonds is 12. The van der Waals surface area contributed by atoms with E-state index in [0.29, 0.717) is 29.2 Å². The Morgan fingerprint density at radius 3 is 2.46 bits per heavy atom. The van der Waals surface area contributed by atoms with Crippen LogP contribution in [0.1, 0.15) is 29.0 Å². The van der Waals surface area contributed by atoms with Crippen LogP contribution in [-0.2, 0) is 25.7 Å². The fraction of sp³-hybridized carbons (Fsp3) is 0.308. The van der Waals surface area contributed by atoms with Gasteiger partial charge < -0.3 is 50.2 Å². The Morgan fingerprint density at radius 1 is 0.981 bits per heavy atom. The lowest BCUT2D eigenvalue weighted by molar-refractivity contribution is -0.241. The van der Waals surface area contributed by atoms with Crippen molar-refractivity contribution in [2.75, 3.05) is 48.2 Å². The van der Waals surface area contributed by atoms with Crippen LogP contribution in [0, 0.1) is 0 Å². The third-order valence-corrected chi connectivity index (χ3v) is 9.52. The molecule has 0 spiro atoms. The summed E-state index contributed by atoms with van der Waals surface area (Å²) in [5.41, 5.74) is 8.99. The average molecular weight is 761 g/mol. The maximum Gasteiger partial charge on any atom is 0.411 e. The minimum absolute atomic E-state index is 0.0123. The molecular formula is C39H41ClN4O10. The molecule has 2 heterocycles. The predicted molar refractivity (Wildman–Crippen MR) is 203 cm³/mol. The SMILES string of the molecule is COc1ccc(/C=C/C(=O)N2CC(CCl)c3c2cc(NC(=O)OCc2ccc(OC4OC[C@@H](O)[C@H](O)[C@H]4O)c(NC(=O)CCN)c2)c2ccccc32)cc1. The van der Waals surface area contributed by atoms with Crippen LogP contribution in [0.25, 0.3) is 16.8 Å². The average Bonchev–Trinajstić information content (AvgIpc) is 3.56. The first-order chi connectivity index (χ1) is 26.1. The minimum atomic E-state index is -1.56. The number of anilines is 3. The minimum Gasteiger partial charge on any atom is -0.497 e. The summed E-state index contributed by atoms with van der Waals surface area (Å²) in [5.74, 6) is 0.292. The number of carbonyl (C=O) groups is 3. The summed E-state index contributed by atoms with van der Waals surface area (Å²) < 4.78 is 21.9. The van der Waals surface area contributed by atoms with E-state index in [-0.39, 0.29) is 55.3 Å². The lowest BCUT2D eigenvalue weighted by Crippen LogP contribution is -2.54. The zero-order chi connectivity index (χ0) is 38.4. The second-order valence-electron chi connectivity index (χ2n) is 12.8. The monoisotopic (exact) mass is 760 g/mol. The Hall–Kier alpha value is -5.22. The van der Waals surface area contributed by atoms with Crippen LogP contribution >= 0.6 is 11.6 Å². The summed E-state index contributed by atoms with van der Waals surface area (Å²) in [7, 11) is 1.59. The van der Waals surface area contributed by atoms with Gasteiger partial charge in [0, 0.05) is 42.8 Å². The van der Waals surface area contributed by atoms with E-state index in [1.807, 2.05) is 48.5 Å². The Kier molecular flexibility index (Phi) is 12.3. The first kappa shape index (κ1) is 38.5. The molecule has 0 aliphatic carbocycles. The van der Waals surface area contributed by atoms with E-state index in [0.717, 1.165) is 21.9 Å². The normalized spacial score (nSPS) is 20.8. The van der Waals surface area contributed by atoms with Crippen molar-refractivity contribution in [2.24, 2.45) is 5.73 Å². The molecule has 5 atom stereocenters. The van der Waals surface area contributed by atoms with Gasteiger partial charge in [0.15, 0.2) is 0 Å². The van der Waals surface area contributed by atoms with Gasteiger partial charge in [-0.25, -0.2) is 4.79 Å². The van der Waals surface area contributed by atoms with Gasteiger partial charge in [-0.2, -0.15) is 0 Å². The van der Waals surface area contributed by atoms with E-state index in [4.69, 9.17) is 36.3 Å². The van der Waals surface area contributed by atoms with Gasteiger partial charge in [0.05, 0.1) is 30.8 Å². The summed E-state index contributed by atoms with van der Waals surface area (Å²) >= 11 is 6.43. The number of aliphatic hydroxyl groups is 3. The van der Waals surface area contributed by atoms with Crippen LogP contribution < -0.4 is 30.7 Å². The van der Waals surface area contributed by atoms with E-state index in [1.54, 1.807) is 30.2 Å². The number of halogens is 1. The maximum atomic E-state index is 13.6. The molecule has 2 unspecified atom stereocenters. The standard InChI is InChI=1S/C39H41ClN4O10/c1-51-25-10-6-22(7-11-25)9-13-34(47)44-19-24(18-40)35-27-5-3-2-4-26(27)28(17-30(35)44)43-39(50)53-20-23-8-12-32(29(16-23)42-33(46)14-15-41)54-38-37(49)36(48)31(45)21-52-38/h2-13,16-17,24,31,36-38,45,48-49H,14-15,18-21,41H2,1H3,(H,42,46)(H,43,50)/b13-9+/t24?,31-,36+,37-,38?/m1/s1. The van der Waals surface area contributed by atoms with Crippen LogP contribution in [0.4, 0.5) is 21.9 Å². The Morgan fingerprint density at radius 2 is 1.74 bits per heavy atom. The lowest BCUT2D eigenvalue weighted by Gasteiger charge is -2.35. The Labute approximate surface area is 316 Å². The fourth-order valence-corrected chi connectivity index (χ4v) is 6.62. The number of benzene rings is 4. The second-order valence-corrected chi connectivity index (χ2v) is 13.1. The predicted octanol–water partition coefficient (Wildman–Crippen LogP) is 4.08. The van der Waals surface area contributed by atoms with Crippen LogP contribution in [-0.4, -0.2) is 90.5 Å². The lowest BCUT2D eigenvalue weighted by atomic mass is 9.95. The van der Waals surface area contributed by atoms with Crippen LogP contribution in [0.15, 0.2) is 78.9 Å². The van der Waals surface area contributed by atoms with E-state index >= 15 is 0 Å². The van der Waals surface area contributed by atoms with E-state index in [2.05, 4.69) is 10.6 Å². The van der Waals surface area contributed by atoms with Crippen molar-refractivity contribution in [1.29, 1.82) is 0 Å². The zero-order valence-corrected chi connectivity index (χ0v) is 30.1. The number of methoxy groups -OCH3 is 1. The van der Waals surface area contributed by atoms with Crippen molar-refractivity contribution >= 4 is 63.4 Å². The molecule has 14 nitrogen and oxygen atoms in total. The highest BCUT2D eigenvalue weighted by Crippen LogP contribution is 2.45. The number of alkyl halides is 1. The van der Waals surface area contributed by atoms with Crippen molar-refractivity contribution in [3.63, 3.8) is 0 Å². The van der Waals surface area contributed by atoms with Crippen molar-refractivity contribution in [3.8, 4) is 11.5 Å². The largest absolute Gasteiger partial charge is 0.497 e. The first-order valence-corrected chi connectivity index (χ1v) is 17.8. The topological polar surface area (TPSA) is 202 Å². The van der Waals surface area contributed by atoms with Crippen LogP contribution in [0.2, 0.25) is 0 Å². The van der Waals surface area contributed by atoms with Gasteiger partial charge in [0.2, 0.25) is 12.2 Å². The van der Waals surface area contributed by atoms with Crippen molar-refractivity contribution < 1.29 is 48.7 Å². The second kappa shape index (κ2) is 17.3. The van der Waals surface area contributed by atoms with Gasteiger partial charge in [-0.1, -0.05) is 42.5 Å². The number of carbonyl (C=O) groups excluding carboxylic acids is 3. The van der Waals surface area contributed by atoms with Crippen molar-refractivity contribution in [1.82, 2.24) is 0 Å². The fourth-order valence-electron chi connectivity index (χ4n) is 6.37. The molecule has 0 bridgehead atoms. The Balaban J connectivity index is 1.20. The molecular weight excluding hydrogens is 720 g/mol. The number of nitrogens with one attached hydrogen (secondary N) is 2. The number of nitrogens with zero attached hydrogens (tertiary/aromatic N) is 1. The summed E-state index contributed by atoms with van der Waals surface area (Å²) in [5, 5.41) is 37.3. The highest BCUT2D eigenvalue weighted by molar-refractivity contribution is 6.19. The molecule has 1 fully saturated rings. The highest BCUT2D eigenvalue weighted by atomic mass is 35.5. The van der Waals surface area contributed by atoms with E-state index < -0.39 is 36.6 Å².